The normalized spacial score (nSPS) is 14.4. The number of piperidine rings is 1. The Morgan fingerprint density at radius 1 is 0.600 bits per heavy atom. The molecule has 0 spiro atoms. The van der Waals surface area contributed by atoms with Gasteiger partial charge in [-0.15, -0.1) is 49.6 Å². The van der Waals surface area contributed by atoms with Crippen LogP contribution >= 0.6 is 49.6 Å². The predicted molar refractivity (Wildman–Crippen MR) is 55.7 cm³/mol. The van der Waals surface area contributed by atoms with Crippen LogP contribution in [0.15, 0.2) is 0 Å². The molecule has 1 heterocycles. The summed E-state index contributed by atoms with van der Waals surface area (Å²) in [5.41, 5.74) is 0. The van der Waals surface area contributed by atoms with E-state index in [1.807, 2.05) is 0 Å². The average Bonchev–Trinajstić information content (AvgIpc) is 1.72. The molecular weight excluding hydrogens is 216 g/mol. The summed E-state index contributed by atoms with van der Waals surface area (Å²) in [5.74, 6) is 0. The molecule has 0 aromatic rings. The average molecular weight is 231 g/mol. The monoisotopic (exact) mass is 229 g/mol. The van der Waals surface area contributed by atoms with Gasteiger partial charge >= 0.3 is 0 Å². The van der Waals surface area contributed by atoms with E-state index < -0.39 is 0 Å². The summed E-state index contributed by atoms with van der Waals surface area (Å²) < 4.78 is 0. The summed E-state index contributed by atoms with van der Waals surface area (Å²) in [4.78, 5) is 0. The summed E-state index contributed by atoms with van der Waals surface area (Å²) in [6.07, 6.45) is 4.22. The molecule has 5 heteroatoms. The summed E-state index contributed by atoms with van der Waals surface area (Å²) in [5, 5.41) is 3.28. The van der Waals surface area contributed by atoms with Crippen molar-refractivity contribution < 1.29 is 0 Å². The van der Waals surface area contributed by atoms with Gasteiger partial charge < -0.3 is 5.32 Å². The zero-order valence-electron chi connectivity index (χ0n) is 5.67. The van der Waals surface area contributed by atoms with Gasteiger partial charge in [-0.2, -0.15) is 0 Å². The molecule has 0 saturated carbocycles. The van der Waals surface area contributed by atoms with Crippen LogP contribution in [-0.2, 0) is 0 Å². The van der Waals surface area contributed by atoms with Crippen LogP contribution in [0, 0.1) is 0 Å². The smallest absolute Gasteiger partial charge is 0.00489 e. The first kappa shape index (κ1) is 22.5. The minimum Gasteiger partial charge on any atom is -0.317 e. The molecule has 1 aliphatic rings. The van der Waals surface area contributed by atoms with E-state index in [-0.39, 0.29) is 49.6 Å². The molecule has 0 atom stereocenters. The Bertz CT molecular complexity index is 29.1. The highest BCUT2D eigenvalue weighted by molar-refractivity contribution is 5.86. The van der Waals surface area contributed by atoms with E-state index in [0.717, 1.165) is 0 Å². The van der Waals surface area contributed by atoms with Gasteiger partial charge in [-0.1, -0.05) is 6.42 Å². The van der Waals surface area contributed by atoms with Crippen molar-refractivity contribution in [3.05, 3.63) is 0 Å². The Balaban J connectivity index is -0.0000000450. The number of hydrogen-bond donors (Lipinski definition) is 1. The van der Waals surface area contributed by atoms with Crippen molar-refractivity contribution in [2.24, 2.45) is 0 Å². The second kappa shape index (κ2) is 16.6. The van der Waals surface area contributed by atoms with Gasteiger partial charge in [0.05, 0.1) is 0 Å². The van der Waals surface area contributed by atoms with Crippen LogP contribution < -0.4 is 5.32 Å². The fourth-order valence-corrected chi connectivity index (χ4v) is 0.802. The SMILES string of the molecule is C1CCNCC1.Cl.Cl.Cl.Cl. The number of rotatable bonds is 0. The lowest BCUT2D eigenvalue weighted by atomic mass is 10.2. The molecule has 0 aliphatic carbocycles. The molecule has 0 aromatic heterocycles. The fourth-order valence-electron chi connectivity index (χ4n) is 0.802. The summed E-state index contributed by atoms with van der Waals surface area (Å²) in [6, 6.07) is 0. The zero-order chi connectivity index (χ0) is 4.24. The Morgan fingerprint density at radius 3 is 1.10 bits per heavy atom. The van der Waals surface area contributed by atoms with E-state index in [1.165, 1.54) is 32.4 Å². The van der Waals surface area contributed by atoms with E-state index in [2.05, 4.69) is 5.32 Å². The number of hydrogen-bond acceptors (Lipinski definition) is 1. The van der Waals surface area contributed by atoms with Gasteiger partial charge in [-0.25, -0.2) is 0 Å². The van der Waals surface area contributed by atoms with Gasteiger partial charge in [0, 0.05) is 0 Å². The molecule has 0 aromatic carbocycles. The Labute approximate surface area is 87.4 Å². The van der Waals surface area contributed by atoms with Crippen LogP contribution in [0.25, 0.3) is 0 Å². The Hall–Kier alpha value is 1.12. The van der Waals surface area contributed by atoms with E-state index in [4.69, 9.17) is 0 Å². The van der Waals surface area contributed by atoms with Crippen LogP contribution in [-0.4, -0.2) is 13.1 Å². The molecule has 1 N–H and O–H groups in total. The maximum atomic E-state index is 3.28. The molecule has 1 fully saturated rings. The molecule has 0 amide bonds. The Kier molecular flexibility index (Phi) is 37.3. The molecule has 1 aliphatic heterocycles. The highest BCUT2D eigenvalue weighted by Crippen LogP contribution is 1.96. The third kappa shape index (κ3) is 11.9. The molecule has 10 heavy (non-hydrogen) atoms. The summed E-state index contributed by atoms with van der Waals surface area (Å²) >= 11 is 0. The first-order valence-corrected chi connectivity index (χ1v) is 2.71. The van der Waals surface area contributed by atoms with Crippen LogP contribution in [0.1, 0.15) is 19.3 Å². The van der Waals surface area contributed by atoms with Gasteiger partial charge in [-0.05, 0) is 25.9 Å². The molecule has 1 saturated heterocycles. The van der Waals surface area contributed by atoms with Gasteiger partial charge in [0.25, 0.3) is 0 Å². The first-order valence-electron chi connectivity index (χ1n) is 2.71. The van der Waals surface area contributed by atoms with E-state index in [9.17, 15) is 0 Å². The van der Waals surface area contributed by atoms with Crippen molar-refractivity contribution in [1.82, 2.24) is 5.32 Å². The van der Waals surface area contributed by atoms with Crippen LogP contribution in [0.2, 0.25) is 0 Å². The van der Waals surface area contributed by atoms with Gasteiger partial charge in [0.1, 0.15) is 0 Å². The van der Waals surface area contributed by atoms with Crippen molar-refractivity contribution in [2.75, 3.05) is 13.1 Å². The van der Waals surface area contributed by atoms with Gasteiger partial charge in [0.15, 0.2) is 0 Å². The predicted octanol–water partition coefficient (Wildman–Crippen LogP) is 2.45. The zero-order valence-corrected chi connectivity index (χ0v) is 8.93. The van der Waals surface area contributed by atoms with E-state index in [0.29, 0.717) is 0 Å². The fraction of sp³-hybridized carbons (Fsp3) is 1.00. The van der Waals surface area contributed by atoms with Crippen molar-refractivity contribution in [2.45, 2.75) is 19.3 Å². The quantitative estimate of drug-likeness (QED) is 0.675. The van der Waals surface area contributed by atoms with Crippen LogP contribution in [0.5, 0.6) is 0 Å². The highest BCUT2D eigenvalue weighted by Gasteiger charge is 1.93. The van der Waals surface area contributed by atoms with Crippen LogP contribution in [0.4, 0.5) is 0 Å². The van der Waals surface area contributed by atoms with Crippen molar-refractivity contribution in [3.63, 3.8) is 0 Å². The molecule has 1 nitrogen and oxygen atoms in total. The lowest BCUT2D eigenvalue weighted by Crippen LogP contribution is -2.21. The summed E-state index contributed by atoms with van der Waals surface area (Å²) in [7, 11) is 0. The second-order valence-electron chi connectivity index (χ2n) is 1.81. The van der Waals surface area contributed by atoms with E-state index >= 15 is 0 Å². The van der Waals surface area contributed by atoms with Crippen molar-refractivity contribution in [3.8, 4) is 0 Å². The van der Waals surface area contributed by atoms with Crippen LogP contribution in [0.3, 0.4) is 0 Å². The lowest BCUT2D eigenvalue weighted by molar-refractivity contribution is 0.520. The number of halogens is 4. The first-order chi connectivity index (χ1) is 3.00. The third-order valence-electron chi connectivity index (χ3n) is 1.21. The molecule has 0 radical (unpaired) electrons. The molecule has 0 unspecified atom stereocenters. The Morgan fingerprint density at radius 2 is 1.00 bits per heavy atom. The summed E-state index contributed by atoms with van der Waals surface area (Å²) in [6.45, 7) is 2.50. The molecule has 68 valence electrons. The minimum atomic E-state index is 0. The molecular formula is C5H15Cl4N. The lowest BCUT2D eigenvalue weighted by Gasteiger charge is -2.08. The largest absolute Gasteiger partial charge is 0.317 e. The van der Waals surface area contributed by atoms with E-state index in [1.54, 1.807) is 0 Å². The van der Waals surface area contributed by atoms with Crippen molar-refractivity contribution in [1.29, 1.82) is 0 Å². The third-order valence-corrected chi connectivity index (χ3v) is 1.21. The minimum absolute atomic E-state index is 0. The maximum absolute atomic E-state index is 3.28. The number of nitrogens with one attached hydrogen (secondary N) is 1. The van der Waals surface area contributed by atoms with Gasteiger partial charge in [-0.3, -0.25) is 0 Å². The maximum Gasteiger partial charge on any atom is -0.00489 e. The second-order valence-corrected chi connectivity index (χ2v) is 1.81. The molecule has 0 bridgehead atoms. The molecule has 1 rings (SSSR count). The standard InChI is InChI=1S/C5H11N.4ClH/c1-2-4-6-5-3-1;;;;/h6H,1-5H2;4*1H. The highest BCUT2D eigenvalue weighted by atomic mass is 35.5. The topological polar surface area (TPSA) is 12.0 Å². The van der Waals surface area contributed by atoms with Crippen molar-refractivity contribution >= 4 is 49.6 Å². The van der Waals surface area contributed by atoms with Gasteiger partial charge in [0.2, 0.25) is 0 Å².